The van der Waals surface area contributed by atoms with Crippen LogP contribution >= 0.6 is 0 Å². The summed E-state index contributed by atoms with van der Waals surface area (Å²) in [5, 5.41) is 3.60. The van der Waals surface area contributed by atoms with Crippen LogP contribution in [0.3, 0.4) is 0 Å². The molecule has 0 amide bonds. The molecule has 1 aromatic carbocycles. The van der Waals surface area contributed by atoms with E-state index in [2.05, 4.69) is 47.6 Å². The highest BCUT2D eigenvalue weighted by atomic mass is 16.5. The van der Waals surface area contributed by atoms with E-state index in [9.17, 15) is 0 Å². The van der Waals surface area contributed by atoms with Crippen LogP contribution in [0.15, 0.2) is 42.6 Å². The van der Waals surface area contributed by atoms with Crippen molar-refractivity contribution in [3.05, 3.63) is 59.3 Å². The van der Waals surface area contributed by atoms with Crippen molar-refractivity contribution in [1.82, 2.24) is 10.3 Å². The second kappa shape index (κ2) is 6.27. The van der Waals surface area contributed by atoms with Gasteiger partial charge in [-0.2, -0.15) is 0 Å². The minimum absolute atomic E-state index is 0.624. The van der Waals surface area contributed by atoms with Crippen LogP contribution in [0.25, 0.3) is 0 Å². The Kier molecular flexibility index (Phi) is 4.20. The molecule has 21 heavy (non-hydrogen) atoms. The fourth-order valence-corrected chi connectivity index (χ4v) is 2.79. The molecule has 0 spiro atoms. The zero-order valence-electron chi connectivity index (χ0n) is 12.7. The first-order valence-corrected chi connectivity index (χ1v) is 7.53. The average molecular weight is 282 g/mol. The molecular formula is C18H22N2O. The van der Waals surface area contributed by atoms with Gasteiger partial charge in [0.25, 0.3) is 0 Å². The Morgan fingerprint density at radius 3 is 2.52 bits per heavy atom. The first-order valence-electron chi connectivity index (χ1n) is 7.53. The Hall–Kier alpha value is -1.87. The van der Waals surface area contributed by atoms with Crippen LogP contribution in [0, 0.1) is 6.92 Å². The number of aromatic nitrogens is 1. The largest absolute Gasteiger partial charge is 0.481 e. The van der Waals surface area contributed by atoms with E-state index >= 15 is 0 Å². The van der Waals surface area contributed by atoms with Crippen molar-refractivity contribution in [3.63, 3.8) is 0 Å². The minimum atomic E-state index is 0.624. The maximum atomic E-state index is 5.07. The average Bonchev–Trinajstić information content (AvgIpc) is 2.48. The highest BCUT2D eigenvalue weighted by Crippen LogP contribution is 2.36. The number of hydrogen-bond donors (Lipinski definition) is 1. The van der Waals surface area contributed by atoms with E-state index in [1.807, 2.05) is 12.3 Å². The summed E-state index contributed by atoms with van der Waals surface area (Å²) in [5.41, 5.74) is 4.01. The van der Waals surface area contributed by atoms with Gasteiger partial charge in [-0.25, -0.2) is 4.98 Å². The van der Waals surface area contributed by atoms with Crippen molar-refractivity contribution in [2.45, 2.75) is 38.3 Å². The summed E-state index contributed by atoms with van der Waals surface area (Å²) in [7, 11) is 1.64. The molecule has 0 bridgehead atoms. The summed E-state index contributed by atoms with van der Waals surface area (Å²) in [6, 6.07) is 13.5. The highest BCUT2D eigenvalue weighted by Gasteiger charge is 2.29. The molecule has 1 aliphatic carbocycles. The number of aryl methyl sites for hydroxylation is 1. The van der Waals surface area contributed by atoms with E-state index in [0.717, 1.165) is 12.5 Å². The van der Waals surface area contributed by atoms with Crippen LogP contribution in [-0.4, -0.2) is 18.1 Å². The molecule has 0 saturated heterocycles. The van der Waals surface area contributed by atoms with Gasteiger partial charge < -0.3 is 10.1 Å². The van der Waals surface area contributed by atoms with E-state index < -0.39 is 0 Å². The molecular weight excluding hydrogens is 260 g/mol. The first kappa shape index (κ1) is 14.1. The third-order valence-electron chi connectivity index (χ3n) is 4.29. The number of nitrogens with one attached hydrogen (secondary N) is 1. The number of nitrogens with zero attached hydrogens (tertiary/aromatic N) is 1. The number of methoxy groups -OCH3 is 1. The van der Waals surface area contributed by atoms with Crippen molar-refractivity contribution in [2.24, 2.45) is 0 Å². The molecule has 0 atom stereocenters. The van der Waals surface area contributed by atoms with Gasteiger partial charge >= 0.3 is 0 Å². The number of ether oxygens (including phenoxy) is 1. The Balaban J connectivity index is 1.45. The lowest BCUT2D eigenvalue weighted by atomic mass is 9.75. The Morgan fingerprint density at radius 2 is 1.90 bits per heavy atom. The molecule has 3 rings (SSSR count). The van der Waals surface area contributed by atoms with Crippen molar-refractivity contribution >= 4 is 0 Å². The molecule has 1 aromatic heterocycles. The summed E-state index contributed by atoms with van der Waals surface area (Å²) < 4.78 is 5.07. The van der Waals surface area contributed by atoms with E-state index in [1.165, 1.54) is 29.5 Å². The molecule has 0 aliphatic heterocycles. The summed E-state index contributed by atoms with van der Waals surface area (Å²) in [4.78, 5) is 4.23. The quantitative estimate of drug-likeness (QED) is 0.912. The van der Waals surface area contributed by atoms with Crippen LogP contribution < -0.4 is 10.1 Å². The van der Waals surface area contributed by atoms with Crippen LogP contribution in [0.1, 0.15) is 35.4 Å². The Morgan fingerprint density at radius 1 is 1.14 bits per heavy atom. The van der Waals surface area contributed by atoms with Gasteiger partial charge in [0.05, 0.1) is 7.11 Å². The van der Waals surface area contributed by atoms with Gasteiger partial charge in [-0.1, -0.05) is 35.9 Å². The van der Waals surface area contributed by atoms with Gasteiger partial charge in [0.2, 0.25) is 5.88 Å². The molecule has 0 unspecified atom stereocenters. The predicted molar refractivity (Wildman–Crippen MR) is 84.6 cm³/mol. The first-order chi connectivity index (χ1) is 10.2. The van der Waals surface area contributed by atoms with Gasteiger partial charge in [0.15, 0.2) is 0 Å². The van der Waals surface area contributed by atoms with Crippen molar-refractivity contribution in [3.8, 4) is 5.88 Å². The van der Waals surface area contributed by atoms with Crippen molar-refractivity contribution in [2.75, 3.05) is 7.11 Å². The summed E-state index contributed by atoms with van der Waals surface area (Å²) in [6.45, 7) is 3.01. The fraction of sp³-hybridized carbons (Fsp3) is 0.389. The SMILES string of the molecule is COc1ccc(CNC2CC(c3ccc(C)cc3)C2)cn1. The van der Waals surface area contributed by atoms with E-state index in [-0.39, 0.29) is 0 Å². The summed E-state index contributed by atoms with van der Waals surface area (Å²) in [5.74, 6) is 1.39. The van der Waals surface area contributed by atoms with Crippen LogP contribution in [-0.2, 0) is 6.54 Å². The molecule has 3 heteroatoms. The number of benzene rings is 1. The number of rotatable bonds is 5. The predicted octanol–water partition coefficient (Wildman–Crippen LogP) is 3.43. The fourth-order valence-electron chi connectivity index (χ4n) is 2.79. The van der Waals surface area contributed by atoms with Crippen molar-refractivity contribution < 1.29 is 4.74 Å². The molecule has 1 fully saturated rings. The molecule has 1 N–H and O–H groups in total. The molecule has 2 aromatic rings. The van der Waals surface area contributed by atoms with Crippen LogP contribution in [0.5, 0.6) is 5.88 Å². The van der Waals surface area contributed by atoms with Gasteiger partial charge in [-0.3, -0.25) is 0 Å². The number of hydrogen-bond acceptors (Lipinski definition) is 3. The van der Waals surface area contributed by atoms with Crippen LogP contribution in [0.2, 0.25) is 0 Å². The second-order valence-corrected chi connectivity index (χ2v) is 5.87. The normalized spacial score (nSPS) is 20.9. The van der Waals surface area contributed by atoms with E-state index in [1.54, 1.807) is 7.11 Å². The third-order valence-corrected chi connectivity index (χ3v) is 4.29. The Bertz CT molecular complexity index is 571. The van der Waals surface area contributed by atoms with Gasteiger partial charge in [0, 0.05) is 24.8 Å². The van der Waals surface area contributed by atoms with E-state index in [4.69, 9.17) is 4.74 Å². The van der Waals surface area contributed by atoms with E-state index in [0.29, 0.717) is 11.9 Å². The van der Waals surface area contributed by atoms with Crippen molar-refractivity contribution in [1.29, 1.82) is 0 Å². The zero-order valence-corrected chi connectivity index (χ0v) is 12.7. The van der Waals surface area contributed by atoms with Gasteiger partial charge in [-0.05, 0) is 36.8 Å². The minimum Gasteiger partial charge on any atom is -0.481 e. The summed E-state index contributed by atoms with van der Waals surface area (Å²) >= 11 is 0. The maximum absolute atomic E-state index is 5.07. The molecule has 1 saturated carbocycles. The molecule has 0 radical (unpaired) electrons. The number of pyridine rings is 1. The summed E-state index contributed by atoms with van der Waals surface area (Å²) in [6.07, 6.45) is 4.33. The lowest BCUT2D eigenvalue weighted by Gasteiger charge is -2.36. The third kappa shape index (κ3) is 3.42. The molecule has 1 aliphatic rings. The lowest BCUT2D eigenvalue weighted by Crippen LogP contribution is -2.39. The second-order valence-electron chi connectivity index (χ2n) is 5.87. The maximum Gasteiger partial charge on any atom is 0.212 e. The van der Waals surface area contributed by atoms with Gasteiger partial charge in [-0.15, -0.1) is 0 Å². The monoisotopic (exact) mass is 282 g/mol. The molecule has 1 heterocycles. The standard InChI is InChI=1S/C18H22N2O/c1-13-3-6-15(7-4-13)16-9-17(10-16)19-11-14-5-8-18(21-2)20-12-14/h3-8,12,16-17,19H,9-11H2,1-2H3. The highest BCUT2D eigenvalue weighted by molar-refractivity contribution is 5.27. The molecule has 110 valence electrons. The Labute approximate surface area is 126 Å². The lowest BCUT2D eigenvalue weighted by molar-refractivity contribution is 0.289. The van der Waals surface area contributed by atoms with Gasteiger partial charge in [0.1, 0.15) is 0 Å². The zero-order chi connectivity index (χ0) is 14.7. The topological polar surface area (TPSA) is 34.1 Å². The smallest absolute Gasteiger partial charge is 0.212 e. The molecule has 3 nitrogen and oxygen atoms in total. The van der Waals surface area contributed by atoms with Crippen LogP contribution in [0.4, 0.5) is 0 Å².